The summed E-state index contributed by atoms with van der Waals surface area (Å²) in [5, 5.41) is 30.1. The largest absolute Gasteiger partial charge is 0.505 e. The van der Waals surface area contributed by atoms with Gasteiger partial charge >= 0.3 is 0 Å². The summed E-state index contributed by atoms with van der Waals surface area (Å²) in [7, 11) is 0. The highest BCUT2D eigenvalue weighted by Crippen LogP contribution is 2.67. The van der Waals surface area contributed by atoms with Gasteiger partial charge in [0.2, 0.25) is 5.78 Å². The molecule has 4 heteroatoms. The summed E-state index contributed by atoms with van der Waals surface area (Å²) in [6.45, 7) is 10.1. The molecule has 0 heterocycles. The maximum Gasteiger partial charge on any atom is 0.202 e. The average molecular weight is 348 g/mol. The summed E-state index contributed by atoms with van der Waals surface area (Å²) in [4.78, 5) is 12.5. The van der Waals surface area contributed by atoms with Gasteiger partial charge in [0.1, 0.15) is 0 Å². The topological polar surface area (TPSA) is 77.8 Å². The molecule has 3 aliphatic carbocycles. The maximum atomic E-state index is 12.5. The van der Waals surface area contributed by atoms with Crippen LogP contribution in [0.4, 0.5) is 0 Å². The summed E-state index contributed by atoms with van der Waals surface area (Å²) in [5.41, 5.74) is -0.0821. The molecule has 1 fully saturated rings. The van der Waals surface area contributed by atoms with E-state index in [1.165, 1.54) is 5.57 Å². The molecule has 0 aromatic rings. The van der Waals surface area contributed by atoms with E-state index < -0.39 is 11.5 Å². The smallest absolute Gasteiger partial charge is 0.202 e. The van der Waals surface area contributed by atoms with Gasteiger partial charge in [-0.1, -0.05) is 46.3 Å². The Hall–Kier alpha value is -1.13. The van der Waals surface area contributed by atoms with Crippen LogP contribution in [0.15, 0.2) is 23.5 Å². The second-order valence-electron chi connectivity index (χ2n) is 9.74. The molecule has 3 N–H and O–H groups in total. The third kappa shape index (κ3) is 2.30. The van der Waals surface area contributed by atoms with Crippen LogP contribution in [0.1, 0.15) is 60.3 Å². The lowest BCUT2D eigenvalue weighted by atomic mass is 9.41. The third-order valence-corrected chi connectivity index (χ3v) is 8.11. The molecule has 5 unspecified atom stereocenters. The van der Waals surface area contributed by atoms with Crippen LogP contribution in [0.25, 0.3) is 0 Å². The van der Waals surface area contributed by atoms with Gasteiger partial charge in [0.15, 0.2) is 5.76 Å². The zero-order valence-corrected chi connectivity index (χ0v) is 16.1. The molecule has 3 aliphatic rings. The minimum Gasteiger partial charge on any atom is -0.505 e. The van der Waals surface area contributed by atoms with Crippen molar-refractivity contribution in [3.05, 3.63) is 23.5 Å². The van der Waals surface area contributed by atoms with Gasteiger partial charge in [-0.25, -0.2) is 0 Å². The van der Waals surface area contributed by atoms with E-state index in [1.807, 2.05) is 26.8 Å². The van der Waals surface area contributed by atoms with Gasteiger partial charge in [-0.05, 0) is 48.5 Å². The zero-order valence-electron chi connectivity index (χ0n) is 16.1. The zero-order chi connectivity index (χ0) is 18.8. The first kappa shape index (κ1) is 18.7. The van der Waals surface area contributed by atoms with Crippen LogP contribution in [-0.4, -0.2) is 33.8 Å². The quantitative estimate of drug-likeness (QED) is 0.667. The van der Waals surface area contributed by atoms with Crippen LogP contribution >= 0.6 is 0 Å². The van der Waals surface area contributed by atoms with Crippen molar-refractivity contribution in [3.8, 4) is 0 Å². The van der Waals surface area contributed by atoms with Crippen LogP contribution in [0.3, 0.4) is 0 Å². The number of allylic oxidation sites excluding steroid dienone is 4. The number of aliphatic hydroxyl groups is 3. The van der Waals surface area contributed by atoms with E-state index in [-0.39, 0.29) is 40.3 Å². The molecular formula is C21H32O4. The number of hydrogen-bond acceptors (Lipinski definition) is 4. The van der Waals surface area contributed by atoms with Crippen LogP contribution in [-0.2, 0) is 4.79 Å². The van der Waals surface area contributed by atoms with Crippen molar-refractivity contribution in [1.82, 2.24) is 0 Å². The standard InChI is InChI=1S/C21H32O4/c1-18(2)15-7-6-13-10-19(3,16(24)12-22)8-9-20(13,4)21(15,5)11-14(23)17(18)25/h6,11,15-16,22-24H,7-10,12H2,1-5H3. The molecule has 0 aromatic carbocycles. The Labute approximate surface area is 150 Å². The van der Waals surface area contributed by atoms with Crippen LogP contribution < -0.4 is 0 Å². The van der Waals surface area contributed by atoms with Crippen molar-refractivity contribution in [3.63, 3.8) is 0 Å². The molecule has 25 heavy (non-hydrogen) atoms. The molecule has 5 atom stereocenters. The number of carbonyl (C=O) groups is 1. The van der Waals surface area contributed by atoms with Gasteiger partial charge in [0, 0.05) is 10.8 Å². The second kappa shape index (κ2) is 5.43. The normalized spacial score (nSPS) is 44.3. The Balaban J connectivity index is 2.08. The van der Waals surface area contributed by atoms with Crippen molar-refractivity contribution in [1.29, 1.82) is 0 Å². The molecular weight excluding hydrogens is 316 g/mol. The summed E-state index contributed by atoms with van der Waals surface area (Å²) in [6, 6.07) is 0. The van der Waals surface area contributed by atoms with Gasteiger partial charge in [-0.2, -0.15) is 0 Å². The predicted octanol–water partition coefficient (Wildman–Crippen LogP) is 3.54. The summed E-state index contributed by atoms with van der Waals surface area (Å²) in [6.07, 6.45) is 6.58. The number of aliphatic hydroxyl groups excluding tert-OH is 3. The predicted molar refractivity (Wildman–Crippen MR) is 97.0 cm³/mol. The minimum atomic E-state index is -0.725. The van der Waals surface area contributed by atoms with Gasteiger partial charge < -0.3 is 15.3 Å². The fourth-order valence-electron chi connectivity index (χ4n) is 5.86. The fourth-order valence-corrected chi connectivity index (χ4v) is 5.86. The first-order valence-corrected chi connectivity index (χ1v) is 9.37. The lowest BCUT2D eigenvalue weighted by Gasteiger charge is -2.62. The molecule has 140 valence electrons. The van der Waals surface area contributed by atoms with Crippen molar-refractivity contribution in [2.45, 2.75) is 66.4 Å². The average Bonchev–Trinajstić information content (AvgIpc) is 2.54. The van der Waals surface area contributed by atoms with Crippen molar-refractivity contribution < 1.29 is 20.1 Å². The molecule has 4 nitrogen and oxygen atoms in total. The van der Waals surface area contributed by atoms with Gasteiger partial charge in [-0.15, -0.1) is 0 Å². The Morgan fingerprint density at radius 3 is 2.44 bits per heavy atom. The maximum absolute atomic E-state index is 12.5. The molecule has 0 saturated heterocycles. The van der Waals surface area contributed by atoms with Crippen molar-refractivity contribution in [2.24, 2.45) is 27.6 Å². The van der Waals surface area contributed by atoms with Gasteiger partial charge in [0.05, 0.1) is 12.7 Å². The number of Topliss-reactive ketones (excluding diaryl/α,β-unsaturated/α-hetero) is 1. The van der Waals surface area contributed by atoms with E-state index in [2.05, 4.69) is 19.9 Å². The second-order valence-corrected chi connectivity index (χ2v) is 9.74. The van der Waals surface area contributed by atoms with Crippen LogP contribution in [0.5, 0.6) is 0 Å². The Morgan fingerprint density at radius 2 is 1.84 bits per heavy atom. The van der Waals surface area contributed by atoms with E-state index in [4.69, 9.17) is 0 Å². The lowest BCUT2D eigenvalue weighted by Crippen LogP contribution is -2.58. The summed E-state index contributed by atoms with van der Waals surface area (Å²) >= 11 is 0. The highest BCUT2D eigenvalue weighted by Gasteiger charge is 2.62. The summed E-state index contributed by atoms with van der Waals surface area (Å²) < 4.78 is 0. The fraction of sp³-hybridized carbons (Fsp3) is 0.762. The summed E-state index contributed by atoms with van der Waals surface area (Å²) in [5.74, 6) is -0.119. The van der Waals surface area contributed by atoms with E-state index in [0.29, 0.717) is 0 Å². The number of fused-ring (bicyclic) bond motifs is 3. The number of hydrogen-bond donors (Lipinski definition) is 3. The lowest BCUT2D eigenvalue weighted by molar-refractivity contribution is -0.139. The molecule has 0 amide bonds. The molecule has 0 aromatic heterocycles. The Kier molecular flexibility index (Phi) is 4.05. The number of carbonyl (C=O) groups excluding carboxylic acids is 1. The molecule has 0 aliphatic heterocycles. The third-order valence-electron chi connectivity index (χ3n) is 8.11. The first-order chi connectivity index (χ1) is 11.4. The van der Waals surface area contributed by atoms with E-state index in [9.17, 15) is 20.1 Å². The van der Waals surface area contributed by atoms with E-state index in [1.54, 1.807) is 0 Å². The van der Waals surface area contributed by atoms with Gasteiger partial charge in [0.25, 0.3) is 0 Å². The molecule has 0 radical (unpaired) electrons. The van der Waals surface area contributed by atoms with Gasteiger partial charge in [-0.3, -0.25) is 4.79 Å². The van der Waals surface area contributed by atoms with Crippen molar-refractivity contribution in [2.75, 3.05) is 6.61 Å². The highest BCUT2D eigenvalue weighted by atomic mass is 16.3. The van der Waals surface area contributed by atoms with E-state index >= 15 is 0 Å². The Morgan fingerprint density at radius 1 is 1.20 bits per heavy atom. The Bertz CT molecular complexity index is 661. The number of ketones is 1. The van der Waals surface area contributed by atoms with Crippen LogP contribution in [0.2, 0.25) is 0 Å². The molecule has 0 bridgehead atoms. The first-order valence-electron chi connectivity index (χ1n) is 9.37. The molecule has 0 spiro atoms. The van der Waals surface area contributed by atoms with Crippen LogP contribution in [0, 0.1) is 27.6 Å². The SMILES string of the molecule is CC1(C(O)CO)CCC2(C)C(=CCC3C(C)(C)C(=O)C(O)=CC32C)C1. The van der Waals surface area contributed by atoms with E-state index in [0.717, 1.165) is 25.7 Å². The minimum absolute atomic E-state index is 0.102. The highest BCUT2D eigenvalue weighted by molar-refractivity contribution is 5.98. The molecule has 1 saturated carbocycles. The monoisotopic (exact) mass is 348 g/mol. The molecule has 3 rings (SSSR count). The number of rotatable bonds is 2. The van der Waals surface area contributed by atoms with Crippen molar-refractivity contribution >= 4 is 5.78 Å².